The van der Waals surface area contributed by atoms with Gasteiger partial charge in [0.2, 0.25) is 5.91 Å². The number of benzene rings is 1. The molecule has 1 amide bonds. The minimum atomic E-state index is 0.221. The molecule has 6 nitrogen and oxygen atoms in total. The number of carbonyl (C=O) groups excluding carboxylic acids is 1. The van der Waals surface area contributed by atoms with Gasteiger partial charge >= 0.3 is 0 Å². The molecule has 0 saturated carbocycles. The lowest BCUT2D eigenvalue weighted by Gasteiger charge is -2.28. The number of pyridine rings is 1. The normalized spacial score (nSPS) is 16.0. The van der Waals surface area contributed by atoms with Crippen LogP contribution >= 0.6 is 0 Å². The Bertz CT molecular complexity index is 685. The van der Waals surface area contributed by atoms with Crippen LogP contribution in [-0.4, -0.2) is 53.6 Å². The molecule has 0 bridgehead atoms. The van der Waals surface area contributed by atoms with E-state index in [4.69, 9.17) is 5.11 Å². The SMILES string of the molecule is CC.O=C1CCCN1Cc1ccccc1.Oc1ccc(N2CCNCC2)nc1. The van der Waals surface area contributed by atoms with E-state index in [0.717, 1.165) is 57.9 Å². The van der Waals surface area contributed by atoms with Gasteiger partial charge in [0, 0.05) is 45.7 Å². The van der Waals surface area contributed by atoms with Gasteiger partial charge in [0.25, 0.3) is 0 Å². The number of hydrogen-bond donors (Lipinski definition) is 2. The van der Waals surface area contributed by atoms with Crippen molar-refractivity contribution in [3.8, 4) is 5.75 Å². The summed E-state index contributed by atoms with van der Waals surface area (Å²) in [5.74, 6) is 1.46. The van der Waals surface area contributed by atoms with Gasteiger partial charge in [-0.1, -0.05) is 44.2 Å². The van der Waals surface area contributed by atoms with Gasteiger partial charge in [-0.3, -0.25) is 4.79 Å². The van der Waals surface area contributed by atoms with Crippen molar-refractivity contribution in [2.45, 2.75) is 33.2 Å². The lowest BCUT2D eigenvalue weighted by molar-refractivity contribution is -0.128. The molecule has 28 heavy (non-hydrogen) atoms. The Kier molecular flexibility index (Phi) is 9.28. The van der Waals surface area contributed by atoms with Crippen molar-refractivity contribution in [2.24, 2.45) is 0 Å². The highest BCUT2D eigenvalue weighted by atomic mass is 16.3. The Hall–Kier alpha value is -2.60. The van der Waals surface area contributed by atoms with Gasteiger partial charge in [-0.05, 0) is 24.1 Å². The van der Waals surface area contributed by atoms with Crippen molar-refractivity contribution in [1.82, 2.24) is 15.2 Å². The van der Waals surface area contributed by atoms with E-state index in [-0.39, 0.29) is 5.75 Å². The lowest BCUT2D eigenvalue weighted by Crippen LogP contribution is -2.43. The summed E-state index contributed by atoms with van der Waals surface area (Å²) in [7, 11) is 0. The van der Waals surface area contributed by atoms with Crippen molar-refractivity contribution in [3.63, 3.8) is 0 Å². The van der Waals surface area contributed by atoms with E-state index in [2.05, 4.69) is 27.3 Å². The summed E-state index contributed by atoms with van der Waals surface area (Å²) >= 11 is 0. The molecular weight excluding hydrogens is 352 g/mol. The average Bonchev–Trinajstić information content (AvgIpc) is 3.16. The molecule has 6 heteroatoms. The predicted molar refractivity (Wildman–Crippen MR) is 113 cm³/mol. The molecule has 0 unspecified atom stereocenters. The number of rotatable bonds is 3. The molecule has 3 heterocycles. The van der Waals surface area contributed by atoms with E-state index in [1.807, 2.05) is 43.0 Å². The van der Waals surface area contributed by atoms with Crippen LogP contribution in [0.4, 0.5) is 5.82 Å². The highest BCUT2D eigenvalue weighted by Gasteiger charge is 2.19. The molecule has 1 aromatic heterocycles. The largest absolute Gasteiger partial charge is 0.506 e. The van der Waals surface area contributed by atoms with Crippen LogP contribution in [0.15, 0.2) is 48.7 Å². The third kappa shape index (κ3) is 6.85. The topological polar surface area (TPSA) is 68.7 Å². The second kappa shape index (κ2) is 12.0. The van der Waals surface area contributed by atoms with E-state index >= 15 is 0 Å². The molecule has 152 valence electrons. The molecule has 2 aromatic rings. The first-order chi connectivity index (χ1) is 13.7. The Morgan fingerprint density at radius 3 is 2.32 bits per heavy atom. The van der Waals surface area contributed by atoms with Crippen molar-refractivity contribution in [2.75, 3.05) is 37.6 Å². The zero-order chi connectivity index (χ0) is 20.2. The number of hydrogen-bond acceptors (Lipinski definition) is 5. The number of anilines is 1. The van der Waals surface area contributed by atoms with E-state index < -0.39 is 0 Å². The summed E-state index contributed by atoms with van der Waals surface area (Å²) in [6.07, 6.45) is 3.23. The van der Waals surface area contributed by atoms with Gasteiger partial charge in [0.15, 0.2) is 0 Å². The maximum Gasteiger partial charge on any atom is 0.222 e. The quantitative estimate of drug-likeness (QED) is 0.851. The monoisotopic (exact) mass is 384 g/mol. The zero-order valence-electron chi connectivity index (χ0n) is 17.0. The fourth-order valence-electron chi connectivity index (χ4n) is 3.13. The van der Waals surface area contributed by atoms with E-state index in [0.29, 0.717) is 5.91 Å². The average molecular weight is 385 g/mol. The molecule has 0 aliphatic carbocycles. The first kappa shape index (κ1) is 21.7. The molecule has 2 aliphatic heterocycles. The maximum atomic E-state index is 11.3. The molecule has 2 N–H and O–H groups in total. The first-order valence-electron chi connectivity index (χ1n) is 10.1. The maximum absolute atomic E-state index is 11.3. The Morgan fingerprint density at radius 2 is 1.75 bits per heavy atom. The molecule has 2 fully saturated rings. The predicted octanol–water partition coefficient (Wildman–Crippen LogP) is 3.03. The van der Waals surface area contributed by atoms with Crippen LogP contribution in [0.3, 0.4) is 0 Å². The van der Waals surface area contributed by atoms with Crippen LogP contribution in [0.5, 0.6) is 5.75 Å². The minimum absolute atomic E-state index is 0.221. The highest BCUT2D eigenvalue weighted by molar-refractivity contribution is 5.78. The summed E-state index contributed by atoms with van der Waals surface area (Å²) in [6.45, 7) is 9.67. The summed E-state index contributed by atoms with van der Waals surface area (Å²) < 4.78 is 0. The smallest absolute Gasteiger partial charge is 0.222 e. The molecule has 2 aliphatic rings. The highest BCUT2D eigenvalue weighted by Crippen LogP contribution is 2.15. The van der Waals surface area contributed by atoms with Crippen LogP contribution in [0.1, 0.15) is 32.3 Å². The molecule has 0 radical (unpaired) electrons. The number of piperazine rings is 1. The van der Waals surface area contributed by atoms with Crippen molar-refractivity contribution in [3.05, 3.63) is 54.2 Å². The Morgan fingerprint density at radius 1 is 1.04 bits per heavy atom. The zero-order valence-corrected chi connectivity index (χ0v) is 17.0. The van der Waals surface area contributed by atoms with Crippen molar-refractivity contribution in [1.29, 1.82) is 0 Å². The van der Waals surface area contributed by atoms with Crippen LogP contribution in [-0.2, 0) is 11.3 Å². The van der Waals surface area contributed by atoms with Crippen LogP contribution < -0.4 is 10.2 Å². The van der Waals surface area contributed by atoms with Gasteiger partial charge in [-0.15, -0.1) is 0 Å². The fourth-order valence-corrected chi connectivity index (χ4v) is 3.13. The fraction of sp³-hybridized carbons (Fsp3) is 0.455. The third-order valence-corrected chi connectivity index (χ3v) is 4.56. The number of nitrogens with one attached hydrogen (secondary N) is 1. The molecule has 1 aromatic carbocycles. The third-order valence-electron chi connectivity index (χ3n) is 4.56. The van der Waals surface area contributed by atoms with Gasteiger partial charge in [0.05, 0.1) is 6.20 Å². The van der Waals surface area contributed by atoms with Crippen molar-refractivity contribution >= 4 is 11.7 Å². The lowest BCUT2D eigenvalue weighted by atomic mass is 10.2. The summed E-state index contributed by atoms with van der Waals surface area (Å²) in [5, 5.41) is 12.3. The van der Waals surface area contributed by atoms with Crippen LogP contribution in [0, 0.1) is 0 Å². The summed E-state index contributed by atoms with van der Waals surface area (Å²) in [6, 6.07) is 13.7. The van der Waals surface area contributed by atoms with Gasteiger partial charge < -0.3 is 20.2 Å². The van der Waals surface area contributed by atoms with Gasteiger partial charge in [-0.2, -0.15) is 0 Å². The van der Waals surface area contributed by atoms with Crippen LogP contribution in [0.25, 0.3) is 0 Å². The molecule has 0 spiro atoms. The number of aromatic hydroxyl groups is 1. The second-order valence-electron chi connectivity index (χ2n) is 6.52. The molecular formula is C22H32N4O2. The van der Waals surface area contributed by atoms with Crippen LogP contribution in [0.2, 0.25) is 0 Å². The second-order valence-corrected chi connectivity index (χ2v) is 6.52. The number of carbonyl (C=O) groups is 1. The standard InChI is InChI=1S/C11H13NO.C9H13N3O.C2H6/c13-11-7-4-8-12(11)9-10-5-2-1-3-6-10;13-8-1-2-9(11-7-8)12-5-3-10-4-6-12;1-2/h1-3,5-6H,4,7-9H2;1-2,7,10,13H,3-6H2;1-2H3. The summed E-state index contributed by atoms with van der Waals surface area (Å²) in [5.41, 5.74) is 1.22. The van der Waals surface area contributed by atoms with Crippen molar-refractivity contribution < 1.29 is 9.90 Å². The molecule has 0 atom stereocenters. The number of aromatic nitrogens is 1. The number of amides is 1. The number of likely N-dealkylation sites (tertiary alicyclic amines) is 1. The van der Waals surface area contributed by atoms with Gasteiger partial charge in [0.1, 0.15) is 11.6 Å². The number of nitrogens with zero attached hydrogens (tertiary/aromatic N) is 3. The van der Waals surface area contributed by atoms with E-state index in [1.165, 1.54) is 11.8 Å². The Balaban J connectivity index is 0.000000184. The van der Waals surface area contributed by atoms with Gasteiger partial charge in [-0.25, -0.2) is 4.98 Å². The van der Waals surface area contributed by atoms with E-state index in [1.54, 1.807) is 6.07 Å². The molecule has 2 saturated heterocycles. The molecule has 4 rings (SSSR count). The Labute approximate surface area is 168 Å². The summed E-state index contributed by atoms with van der Waals surface area (Å²) in [4.78, 5) is 19.6. The van der Waals surface area contributed by atoms with E-state index in [9.17, 15) is 4.79 Å². The first-order valence-corrected chi connectivity index (χ1v) is 10.1. The minimum Gasteiger partial charge on any atom is -0.506 e.